The molecule has 1 aliphatic heterocycles. The number of amides is 2. The predicted octanol–water partition coefficient (Wildman–Crippen LogP) is 2.47. The van der Waals surface area contributed by atoms with E-state index in [0.717, 1.165) is 25.7 Å². The van der Waals surface area contributed by atoms with Crippen LogP contribution in [-0.4, -0.2) is 22.6 Å². The fourth-order valence-corrected chi connectivity index (χ4v) is 3.16. The van der Waals surface area contributed by atoms with Crippen LogP contribution < -0.4 is 20.5 Å². The van der Waals surface area contributed by atoms with Crippen LogP contribution in [0.2, 0.25) is 0 Å². The second-order valence-corrected chi connectivity index (χ2v) is 6.23. The molecule has 7 nitrogen and oxygen atoms in total. The Bertz CT molecular complexity index is 842. The molecule has 1 saturated carbocycles. The van der Waals surface area contributed by atoms with E-state index in [1.807, 2.05) is 0 Å². The molecule has 25 heavy (non-hydrogen) atoms. The topological polar surface area (TPSA) is 104 Å². The first-order chi connectivity index (χ1) is 12.0. The number of nitrogens with two attached hydrogens (primary N) is 1. The highest BCUT2D eigenvalue weighted by Crippen LogP contribution is 2.47. The number of anilines is 1. The molecule has 1 aromatic heterocycles. The van der Waals surface area contributed by atoms with Crippen LogP contribution in [-0.2, 0) is 0 Å². The third-order valence-corrected chi connectivity index (χ3v) is 4.44. The molecule has 1 aliphatic carbocycles. The zero-order valence-electron chi connectivity index (χ0n) is 13.5. The number of rotatable bonds is 3. The minimum Gasteiger partial charge on any atom is -0.448 e. The van der Waals surface area contributed by atoms with Gasteiger partial charge in [-0.1, -0.05) is 0 Å². The van der Waals surface area contributed by atoms with Crippen molar-refractivity contribution >= 4 is 17.5 Å². The van der Waals surface area contributed by atoms with Crippen molar-refractivity contribution in [3.63, 3.8) is 0 Å². The number of carbonyl (C=O) groups excluding carboxylic acids is 2. The van der Waals surface area contributed by atoms with Gasteiger partial charge in [-0.25, -0.2) is 0 Å². The first-order valence-electron chi connectivity index (χ1n) is 8.14. The Morgan fingerprint density at radius 3 is 2.52 bits per heavy atom. The molecule has 7 heteroatoms. The van der Waals surface area contributed by atoms with Gasteiger partial charge in [-0.05, 0) is 37.1 Å². The van der Waals surface area contributed by atoms with Gasteiger partial charge in [0.15, 0.2) is 11.5 Å². The number of hydrogen-bond donors (Lipinski definition) is 2. The summed E-state index contributed by atoms with van der Waals surface area (Å²) in [5, 5.41) is 2.76. The first kappa shape index (κ1) is 15.4. The van der Waals surface area contributed by atoms with Crippen molar-refractivity contribution in [2.75, 3.05) is 5.32 Å². The highest BCUT2D eigenvalue weighted by atomic mass is 16.7. The minimum atomic E-state index is -0.587. The Morgan fingerprint density at radius 2 is 1.84 bits per heavy atom. The molecule has 2 amide bonds. The van der Waals surface area contributed by atoms with E-state index in [0.29, 0.717) is 17.2 Å². The summed E-state index contributed by atoms with van der Waals surface area (Å²) in [6.45, 7) is 0. The van der Waals surface area contributed by atoms with Crippen LogP contribution in [0.1, 0.15) is 46.5 Å². The van der Waals surface area contributed by atoms with Gasteiger partial charge < -0.3 is 20.5 Å². The van der Waals surface area contributed by atoms with Gasteiger partial charge in [-0.3, -0.25) is 14.6 Å². The number of pyridine rings is 1. The summed E-state index contributed by atoms with van der Waals surface area (Å²) in [5.74, 6) is -0.168. The Morgan fingerprint density at radius 1 is 1.08 bits per heavy atom. The number of primary amides is 1. The second kappa shape index (κ2) is 5.77. The van der Waals surface area contributed by atoms with Crippen molar-refractivity contribution in [3.05, 3.63) is 47.8 Å². The van der Waals surface area contributed by atoms with Crippen molar-refractivity contribution in [2.45, 2.75) is 31.5 Å². The average molecular weight is 339 g/mol. The van der Waals surface area contributed by atoms with Gasteiger partial charge in [0.05, 0.1) is 5.56 Å². The Labute approximate surface area is 144 Å². The second-order valence-electron chi connectivity index (χ2n) is 6.23. The number of benzene rings is 1. The van der Waals surface area contributed by atoms with Gasteiger partial charge in [-0.2, -0.15) is 0 Å². The number of nitrogens with one attached hydrogen (secondary N) is 1. The Balaban J connectivity index is 1.48. The van der Waals surface area contributed by atoms with Crippen LogP contribution in [0.5, 0.6) is 11.5 Å². The fraction of sp³-hybridized carbons (Fsp3) is 0.278. The normalized spacial score (nSPS) is 16.8. The van der Waals surface area contributed by atoms with E-state index in [4.69, 9.17) is 15.2 Å². The summed E-state index contributed by atoms with van der Waals surface area (Å²) in [6, 6.07) is 8.22. The summed E-state index contributed by atoms with van der Waals surface area (Å²) in [4.78, 5) is 27.3. The van der Waals surface area contributed by atoms with Crippen LogP contribution in [0.15, 0.2) is 36.5 Å². The van der Waals surface area contributed by atoms with E-state index in [9.17, 15) is 9.59 Å². The third kappa shape index (κ3) is 2.88. The molecule has 1 fully saturated rings. The highest BCUT2D eigenvalue weighted by molar-refractivity contribution is 6.03. The first-order valence-corrected chi connectivity index (χ1v) is 8.14. The molecule has 1 aromatic carbocycles. The molecule has 2 aromatic rings. The molecule has 4 rings (SSSR count). The summed E-state index contributed by atoms with van der Waals surface area (Å²) in [5.41, 5.74) is 6.19. The molecule has 0 atom stereocenters. The molecule has 0 bridgehead atoms. The van der Waals surface area contributed by atoms with Crippen LogP contribution in [0.25, 0.3) is 0 Å². The molecule has 1 spiro atoms. The van der Waals surface area contributed by atoms with Gasteiger partial charge in [-0.15, -0.1) is 0 Å². The van der Waals surface area contributed by atoms with Crippen molar-refractivity contribution in [3.8, 4) is 11.5 Å². The highest BCUT2D eigenvalue weighted by Gasteiger charge is 2.44. The quantitative estimate of drug-likeness (QED) is 0.894. The lowest BCUT2D eigenvalue weighted by Crippen LogP contribution is -2.34. The van der Waals surface area contributed by atoms with Gasteiger partial charge in [0.25, 0.3) is 11.7 Å². The van der Waals surface area contributed by atoms with Gasteiger partial charge in [0.2, 0.25) is 5.91 Å². The van der Waals surface area contributed by atoms with Crippen molar-refractivity contribution in [1.29, 1.82) is 0 Å². The lowest BCUT2D eigenvalue weighted by Gasteiger charge is -2.21. The van der Waals surface area contributed by atoms with Crippen molar-refractivity contribution < 1.29 is 19.1 Å². The largest absolute Gasteiger partial charge is 0.448 e. The van der Waals surface area contributed by atoms with E-state index >= 15 is 0 Å². The third-order valence-electron chi connectivity index (χ3n) is 4.44. The van der Waals surface area contributed by atoms with Crippen LogP contribution in [0.3, 0.4) is 0 Å². The number of carbonyl (C=O) groups is 2. The summed E-state index contributed by atoms with van der Waals surface area (Å²) in [7, 11) is 0. The van der Waals surface area contributed by atoms with Crippen molar-refractivity contribution in [1.82, 2.24) is 4.98 Å². The summed E-state index contributed by atoms with van der Waals surface area (Å²) >= 11 is 0. The van der Waals surface area contributed by atoms with Crippen LogP contribution in [0, 0.1) is 0 Å². The van der Waals surface area contributed by atoms with E-state index in [-0.39, 0.29) is 17.2 Å². The van der Waals surface area contributed by atoms with Crippen LogP contribution in [0.4, 0.5) is 5.69 Å². The number of hydrogen-bond acceptors (Lipinski definition) is 5. The molecule has 0 radical (unpaired) electrons. The predicted molar refractivity (Wildman–Crippen MR) is 89.6 cm³/mol. The summed E-state index contributed by atoms with van der Waals surface area (Å²) < 4.78 is 11.9. The molecular weight excluding hydrogens is 322 g/mol. The average Bonchev–Trinajstić information content (AvgIpc) is 3.20. The smallest absolute Gasteiger partial charge is 0.274 e. The number of fused-ring (bicyclic) bond motifs is 1. The Hall–Kier alpha value is -3.09. The van der Waals surface area contributed by atoms with Crippen molar-refractivity contribution in [2.24, 2.45) is 5.73 Å². The molecule has 0 unspecified atom stereocenters. The zero-order valence-corrected chi connectivity index (χ0v) is 13.5. The molecule has 128 valence electrons. The van der Waals surface area contributed by atoms with Gasteiger partial charge in [0.1, 0.15) is 5.69 Å². The lowest BCUT2D eigenvalue weighted by atomic mass is 10.2. The standard InChI is InChI=1S/C18H17N3O4/c19-16(22)11-3-5-13(20-10-11)17(23)21-12-4-6-14-15(9-12)25-18(24-14)7-1-2-8-18/h3-6,9-10H,1-2,7-8H2,(H2,19,22)(H,21,23). The summed E-state index contributed by atoms with van der Waals surface area (Å²) in [6.07, 6.45) is 5.20. The monoisotopic (exact) mass is 339 g/mol. The van der Waals surface area contributed by atoms with Gasteiger partial charge >= 0.3 is 0 Å². The number of nitrogens with zero attached hydrogens (tertiary/aromatic N) is 1. The maximum Gasteiger partial charge on any atom is 0.274 e. The number of aromatic nitrogens is 1. The van der Waals surface area contributed by atoms with E-state index in [1.54, 1.807) is 18.2 Å². The molecule has 2 aliphatic rings. The fourth-order valence-electron chi connectivity index (χ4n) is 3.16. The molecule has 3 N–H and O–H groups in total. The molecule has 2 heterocycles. The zero-order chi connectivity index (χ0) is 17.4. The van der Waals surface area contributed by atoms with E-state index < -0.39 is 11.7 Å². The van der Waals surface area contributed by atoms with E-state index in [1.165, 1.54) is 18.3 Å². The molecular formula is C18H17N3O4. The number of ether oxygens (including phenoxy) is 2. The Kier molecular flexibility index (Phi) is 3.56. The van der Waals surface area contributed by atoms with E-state index in [2.05, 4.69) is 10.3 Å². The minimum absolute atomic E-state index is 0.190. The maximum absolute atomic E-state index is 12.3. The lowest BCUT2D eigenvalue weighted by molar-refractivity contribution is -0.0716. The molecule has 0 saturated heterocycles. The maximum atomic E-state index is 12.3. The van der Waals surface area contributed by atoms with Crippen LogP contribution >= 0.6 is 0 Å². The van der Waals surface area contributed by atoms with Gasteiger partial charge in [0, 0.05) is 30.8 Å². The SMILES string of the molecule is NC(=O)c1ccc(C(=O)Nc2ccc3c(c2)OC2(CCCC2)O3)nc1.